The number of nitrogens with zero attached hydrogens (tertiary/aromatic N) is 2. The van der Waals surface area contributed by atoms with Crippen molar-refractivity contribution in [1.82, 2.24) is 9.80 Å². The molecular weight excluding hydrogens is 416 g/mol. The van der Waals surface area contributed by atoms with Crippen molar-refractivity contribution in [3.8, 4) is 0 Å². The van der Waals surface area contributed by atoms with E-state index in [1.165, 1.54) is 12.7 Å². The predicted octanol–water partition coefficient (Wildman–Crippen LogP) is 4.37. The molecule has 2 aliphatic heterocycles. The number of amides is 2. The van der Waals surface area contributed by atoms with Gasteiger partial charge in [0.05, 0.1) is 7.11 Å². The van der Waals surface area contributed by atoms with Gasteiger partial charge in [-0.2, -0.15) is 0 Å². The maximum Gasteiger partial charge on any atom is 0.409 e. The number of hydrogen-bond donors (Lipinski definition) is 0. The number of rotatable bonds is 5. The number of methoxy groups -OCH3 is 1. The molecular formula is C27H32N2O4. The Labute approximate surface area is 195 Å². The van der Waals surface area contributed by atoms with Crippen LogP contribution in [0.3, 0.4) is 0 Å². The summed E-state index contributed by atoms with van der Waals surface area (Å²) in [7, 11) is 1.40. The van der Waals surface area contributed by atoms with E-state index in [0.29, 0.717) is 25.4 Å². The molecule has 2 aromatic rings. The fraction of sp³-hybridized carbons (Fsp3) is 0.444. The largest absolute Gasteiger partial charge is 0.453 e. The molecule has 1 saturated heterocycles. The molecule has 0 radical (unpaired) electrons. The Morgan fingerprint density at radius 1 is 0.848 bits per heavy atom. The number of ketones is 1. The highest BCUT2D eigenvalue weighted by Gasteiger charge is 2.24. The minimum Gasteiger partial charge on any atom is -0.453 e. The van der Waals surface area contributed by atoms with Gasteiger partial charge in [-0.1, -0.05) is 30.3 Å². The number of hydrogen-bond acceptors (Lipinski definition) is 4. The van der Waals surface area contributed by atoms with Gasteiger partial charge in [0.25, 0.3) is 5.91 Å². The molecule has 2 aliphatic rings. The monoisotopic (exact) mass is 448 g/mol. The summed E-state index contributed by atoms with van der Waals surface area (Å²) >= 11 is 0. The molecule has 4 rings (SSSR count). The van der Waals surface area contributed by atoms with Crippen LogP contribution in [0.15, 0.2) is 48.5 Å². The van der Waals surface area contributed by atoms with E-state index >= 15 is 0 Å². The highest BCUT2D eigenvalue weighted by Crippen LogP contribution is 2.25. The molecule has 0 bridgehead atoms. The fourth-order valence-electron chi connectivity index (χ4n) is 4.88. The first kappa shape index (κ1) is 23.0. The highest BCUT2D eigenvalue weighted by molar-refractivity contribution is 5.96. The number of carbonyl (C=O) groups is 3. The maximum absolute atomic E-state index is 12.9. The van der Waals surface area contributed by atoms with Crippen molar-refractivity contribution in [2.24, 2.45) is 5.92 Å². The van der Waals surface area contributed by atoms with E-state index in [-0.39, 0.29) is 17.8 Å². The lowest BCUT2D eigenvalue weighted by molar-refractivity contribution is 0.0681. The van der Waals surface area contributed by atoms with Crippen LogP contribution in [-0.2, 0) is 17.6 Å². The lowest BCUT2D eigenvalue weighted by Crippen LogP contribution is -2.38. The van der Waals surface area contributed by atoms with Crippen LogP contribution < -0.4 is 0 Å². The summed E-state index contributed by atoms with van der Waals surface area (Å²) < 4.78 is 4.85. The van der Waals surface area contributed by atoms with Crippen molar-refractivity contribution in [3.05, 3.63) is 70.8 Å². The first-order valence-electron chi connectivity index (χ1n) is 11.9. The molecule has 1 fully saturated rings. The third-order valence-electron chi connectivity index (χ3n) is 6.97. The molecule has 0 spiro atoms. The van der Waals surface area contributed by atoms with Crippen LogP contribution in [-0.4, -0.2) is 60.9 Å². The van der Waals surface area contributed by atoms with Gasteiger partial charge >= 0.3 is 6.09 Å². The number of likely N-dealkylation sites (tertiary alicyclic amines) is 1. The molecule has 0 saturated carbocycles. The third-order valence-corrected chi connectivity index (χ3v) is 6.97. The van der Waals surface area contributed by atoms with Gasteiger partial charge in [-0.05, 0) is 67.3 Å². The Balaban J connectivity index is 1.27. The van der Waals surface area contributed by atoms with E-state index in [1.807, 2.05) is 53.4 Å². The van der Waals surface area contributed by atoms with Crippen molar-refractivity contribution in [1.29, 1.82) is 0 Å². The summed E-state index contributed by atoms with van der Waals surface area (Å²) in [6.45, 7) is 2.75. The zero-order valence-electron chi connectivity index (χ0n) is 19.3. The average molecular weight is 449 g/mol. The van der Waals surface area contributed by atoms with Gasteiger partial charge in [-0.15, -0.1) is 0 Å². The zero-order chi connectivity index (χ0) is 23.2. The SMILES string of the molecule is COC(=O)N1CCc2ccc(C(=O)CCC3CCN(C(=O)c4ccccc4)CC3)cc2CC1. The standard InChI is InChI=1S/C27H32N2O4/c1-33-27(32)29-17-13-21-8-9-24(19-23(21)14-18-29)25(30)10-7-20-11-15-28(16-12-20)26(31)22-5-3-2-4-6-22/h2-6,8-9,19-20H,7,10-18H2,1H3. The average Bonchev–Trinajstić information content (AvgIpc) is 3.09. The van der Waals surface area contributed by atoms with Gasteiger partial charge in [0.1, 0.15) is 0 Å². The van der Waals surface area contributed by atoms with Crippen LogP contribution in [0.5, 0.6) is 0 Å². The van der Waals surface area contributed by atoms with Crippen molar-refractivity contribution in [2.75, 3.05) is 33.3 Å². The quantitative estimate of drug-likeness (QED) is 0.637. The first-order chi connectivity index (χ1) is 16.0. The smallest absolute Gasteiger partial charge is 0.409 e. The van der Waals surface area contributed by atoms with Crippen molar-refractivity contribution >= 4 is 17.8 Å². The van der Waals surface area contributed by atoms with Crippen molar-refractivity contribution in [3.63, 3.8) is 0 Å². The van der Waals surface area contributed by atoms with E-state index in [2.05, 4.69) is 0 Å². The predicted molar refractivity (Wildman–Crippen MR) is 126 cm³/mol. The summed E-state index contributed by atoms with van der Waals surface area (Å²) in [4.78, 5) is 41.0. The van der Waals surface area contributed by atoms with Crippen molar-refractivity contribution < 1.29 is 19.1 Å². The van der Waals surface area contributed by atoms with Crippen LogP contribution in [0.2, 0.25) is 0 Å². The molecule has 2 amide bonds. The van der Waals surface area contributed by atoms with Gasteiger partial charge in [0.2, 0.25) is 0 Å². The van der Waals surface area contributed by atoms with Gasteiger partial charge in [-0.25, -0.2) is 4.79 Å². The lowest BCUT2D eigenvalue weighted by atomic mass is 9.89. The Hall–Kier alpha value is -3.15. The minimum absolute atomic E-state index is 0.0980. The summed E-state index contributed by atoms with van der Waals surface area (Å²) in [5.41, 5.74) is 3.86. The molecule has 6 nitrogen and oxygen atoms in total. The Bertz CT molecular complexity index is 996. The van der Waals surface area contributed by atoms with Gasteiger partial charge in [0.15, 0.2) is 5.78 Å². The van der Waals surface area contributed by atoms with Crippen molar-refractivity contribution in [2.45, 2.75) is 38.5 Å². The second-order valence-corrected chi connectivity index (χ2v) is 9.00. The Kier molecular flexibility index (Phi) is 7.43. The Morgan fingerprint density at radius 3 is 2.24 bits per heavy atom. The van der Waals surface area contributed by atoms with E-state index in [0.717, 1.165) is 61.9 Å². The van der Waals surface area contributed by atoms with E-state index in [9.17, 15) is 14.4 Å². The zero-order valence-corrected chi connectivity index (χ0v) is 19.3. The summed E-state index contributed by atoms with van der Waals surface area (Å²) in [5, 5.41) is 0. The van der Waals surface area contributed by atoms with Crippen LogP contribution in [0.4, 0.5) is 4.79 Å². The van der Waals surface area contributed by atoms with Crippen LogP contribution in [0, 0.1) is 5.92 Å². The number of ether oxygens (including phenoxy) is 1. The van der Waals surface area contributed by atoms with E-state index < -0.39 is 0 Å². The lowest BCUT2D eigenvalue weighted by Gasteiger charge is -2.32. The molecule has 0 aromatic heterocycles. The number of carbonyl (C=O) groups excluding carboxylic acids is 3. The maximum atomic E-state index is 12.9. The fourth-order valence-corrected chi connectivity index (χ4v) is 4.88. The van der Waals surface area contributed by atoms with Crippen LogP contribution >= 0.6 is 0 Å². The molecule has 0 atom stereocenters. The molecule has 33 heavy (non-hydrogen) atoms. The summed E-state index contributed by atoms with van der Waals surface area (Å²) in [6.07, 6.45) is 4.50. The molecule has 0 N–H and O–H groups in total. The van der Waals surface area contributed by atoms with Gasteiger partial charge in [0, 0.05) is 43.7 Å². The van der Waals surface area contributed by atoms with E-state index in [4.69, 9.17) is 4.74 Å². The third kappa shape index (κ3) is 5.62. The van der Waals surface area contributed by atoms with Crippen LogP contribution in [0.25, 0.3) is 0 Å². The number of benzene rings is 2. The Morgan fingerprint density at radius 2 is 1.55 bits per heavy atom. The molecule has 174 valence electrons. The number of fused-ring (bicyclic) bond motifs is 1. The second-order valence-electron chi connectivity index (χ2n) is 9.00. The molecule has 0 aliphatic carbocycles. The van der Waals surface area contributed by atoms with E-state index in [1.54, 1.807) is 4.90 Å². The molecule has 2 heterocycles. The number of piperidine rings is 1. The summed E-state index contributed by atoms with van der Waals surface area (Å²) in [5.74, 6) is 0.749. The van der Waals surface area contributed by atoms with Crippen LogP contribution in [0.1, 0.15) is 57.5 Å². The number of Topliss-reactive ketones (excluding diaryl/α,β-unsaturated/α-hetero) is 1. The van der Waals surface area contributed by atoms with Gasteiger partial charge < -0.3 is 14.5 Å². The first-order valence-corrected chi connectivity index (χ1v) is 11.9. The highest BCUT2D eigenvalue weighted by atomic mass is 16.5. The normalized spacial score (nSPS) is 16.6. The second kappa shape index (κ2) is 10.6. The van der Waals surface area contributed by atoms with Gasteiger partial charge in [-0.3, -0.25) is 9.59 Å². The molecule has 0 unspecified atom stereocenters. The topological polar surface area (TPSA) is 66.9 Å². The molecule has 2 aromatic carbocycles. The minimum atomic E-state index is -0.296. The molecule has 6 heteroatoms. The summed E-state index contributed by atoms with van der Waals surface area (Å²) in [6, 6.07) is 15.4.